The molecule has 0 spiro atoms. The Bertz CT molecular complexity index is 215. The molecule has 1 saturated carbocycles. The Morgan fingerprint density at radius 3 is 1.79 bits per heavy atom. The van der Waals surface area contributed by atoms with Crippen LogP contribution in [0.1, 0.15) is 38.5 Å². The Labute approximate surface area is 80.1 Å². The predicted molar refractivity (Wildman–Crippen MR) is 43.8 cm³/mol. The molecule has 0 bridgehead atoms. The average molecular weight is 210 g/mol. The number of carboxylic acids is 1. The lowest BCUT2D eigenvalue weighted by Gasteiger charge is -2.30. The number of aliphatic carboxylic acids is 1. The number of carboxylic acid groups (broad SMARTS) is 1. The molecule has 0 radical (unpaired) electrons. The lowest BCUT2D eigenvalue weighted by Crippen LogP contribution is -2.44. The van der Waals surface area contributed by atoms with Gasteiger partial charge in [-0.05, 0) is 12.8 Å². The number of halogens is 3. The summed E-state index contributed by atoms with van der Waals surface area (Å²) in [5.41, 5.74) is -2.48. The zero-order valence-electron chi connectivity index (χ0n) is 7.73. The summed E-state index contributed by atoms with van der Waals surface area (Å²) in [6, 6.07) is 0. The Kier molecular flexibility index (Phi) is 3.07. The third-order valence-corrected chi connectivity index (χ3v) is 2.91. The molecule has 0 unspecified atom stereocenters. The van der Waals surface area contributed by atoms with Crippen molar-refractivity contribution >= 4 is 5.97 Å². The second-order valence-corrected chi connectivity index (χ2v) is 3.80. The maximum absolute atomic E-state index is 12.6. The van der Waals surface area contributed by atoms with E-state index in [1.165, 1.54) is 0 Å². The largest absolute Gasteiger partial charge is 0.481 e. The molecule has 1 aliphatic carbocycles. The molecule has 1 N–H and O–H groups in total. The third kappa shape index (κ3) is 1.86. The topological polar surface area (TPSA) is 37.3 Å². The van der Waals surface area contributed by atoms with Crippen LogP contribution in [0.15, 0.2) is 0 Å². The van der Waals surface area contributed by atoms with Crippen LogP contribution in [0.5, 0.6) is 0 Å². The van der Waals surface area contributed by atoms with Crippen LogP contribution in [0, 0.1) is 5.41 Å². The summed E-state index contributed by atoms with van der Waals surface area (Å²) in [5.74, 6) is -1.72. The van der Waals surface area contributed by atoms with Crippen LogP contribution in [0.25, 0.3) is 0 Å². The molecular weight excluding hydrogens is 197 g/mol. The molecule has 14 heavy (non-hydrogen) atoms. The van der Waals surface area contributed by atoms with Gasteiger partial charge < -0.3 is 5.11 Å². The summed E-state index contributed by atoms with van der Waals surface area (Å²) in [6.07, 6.45) is -3.06. The predicted octanol–water partition coefficient (Wildman–Crippen LogP) is 2.97. The Morgan fingerprint density at radius 1 is 1.07 bits per heavy atom. The van der Waals surface area contributed by atoms with Crippen molar-refractivity contribution in [2.24, 2.45) is 5.41 Å². The summed E-state index contributed by atoms with van der Waals surface area (Å²) < 4.78 is 37.9. The molecule has 0 saturated heterocycles. The molecule has 0 aromatic carbocycles. The first kappa shape index (κ1) is 11.3. The number of hydrogen-bond acceptors (Lipinski definition) is 1. The summed E-state index contributed by atoms with van der Waals surface area (Å²) in [6.45, 7) is 0. The van der Waals surface area contributed by atoms with Gasteiger partial charge in [-0.15, -0.1) is 0 Å². The first-order valence-electron chi connectivity index (χ1n) is 4.70. The van der Waals surface area contributed by atoms with E-state index >= 15 is 0 Å². The highest BCUT2D eigenvalue weighted by Crippen LogP contribution is 2.48. The van der Waals surface area contributed by atoms with Gasteiger partial charge in [0.25, 0.3) is 0 Å². The molecule has 2 nitrogen and oxygen atoms in total. The lowest BCUT2D eigenvalue weighted by molar-refractivity contribution is -0.235. The lowest BCUT2D eigenvalue weighted by atomic mass is 9.80. The Balaban J connectivity index is 2.95. The minimum absolute atomic E-state index is 0.272. The normalized spacial score (nSPS) is 22.8. The van der Waals surface area contributed by atoms with E-state index in [-0.39, 0.29) is 12.8 Å². The molecule has 1 fully saturated rings. The van der Waals surface area contributed by atoms with Crippen molar-refractivity contribution in [3.63, 3.8) is 0 Å². The van der Waals surface area contributed by atoms with Crippen LogP contribution in [0.3, 0.4) is 0 Å². The van der Waals surface area contributed by atoms with Crippen molar-refractivity contribution in [2.75, 3.05) is 0 Å². The second-order valence-electron chi connectivity index (χ2n) is 3.80. The van der Waals surface area contributed by atoms with Crippen molar-refractivity contribution in [1.82, 2.24) is 0 Å². The number of alkyl halides is 3. The molecule has 1 rings (SSSR count). The van der Waals surface area contributed by atoms with Crippen LogP contribution in [0.4, 0.5) is 13.2 Å². The van der Waals surface area contributed by atoms with Gasteiger partial charge in [0.15, 0.2) is 5.41 Å². The molecule has 0 aliphatic heterocycles. The molecule has 0 amide bonds. The maximum atomic E-state index is 12.6. The highest BCUT2D eigenvalue weighted by atomic mass is 19.4. The molecule has 5 heteroatoms. The molecular formula is C9H13F3O2. The monoisotopic (exact) mass is 210 g/mol. The van der Waals surface area contributed by atoms with Crippen molar-refractivity contribution in [2.45, 2.75) is 44.7 Å². The van der Waals surface area contributed by atoms with E-state index in [2.05, 4.69) is 0 Å². The van der Waals surface area contributed by atoms with Gasteiger partial charge in [0.1, 0.15) is 0 Å². The molecule has 0 aromatic heterocycles. The maximum Gasteiger partial charge on any atom is 0.404 e. The number of rotatable bonds is 1. The van der Waals surface area contributed by atoms with E-state index < -0.39 is 17.6 Å². The summed E-state index contributed by atoms with van der Waals surface area (Å²) >= 11 is 0. The number of hydrogen-bond donors (Lipinski definition) is 1. The van der Waals surface area contributed by atoms with Crippen molar-refractivity contribution in [3.8, 4) is 0 Å². The average Bonchev–Trinajstić information content (AvgIpc) is 2.26. The quantitative estimate of drug-likeness (QED) is 0.675. The summed E-state index contributed by atoms with van der Waals surface area (Å²) in [5, 5.41) is 8.73. The van der Waals surface area contributed by atoms with E-state index in [0.29, 0.717) is 25.7 Å². The van der Waals surface area contributed by atoms with Gasteiger partial charge in [-0.1, -0.05) is 25.7 Å². The molecule has 0 atom stereocenters. The minimum atomic E-state index is -4.62. The second kappa shape index (κ2) is 3.79. The zero-order chi connectivity index (χ0) is 10.8. The van der Waals surface area contributed by atoms with E-state index in [9.17, 15) is 18.0 Å². The minimum Gasteiger partial charge on any atom is -0.481 e. The van der Waals surface area contributed by atoms with Gasteiger partial charge in [0, 0.05) is 0 Å². The van der Waals surface area contributed by atoms with Crippen LogP contribution < -0.4 is 0 Å². The van der Waals surface area contributed by atoms with Gasteiger partial charge in [-0.25, -0.2) is 0 Å². The van der Waals surface area contributed by atoms with Crippen molar-refractivity contribution in [1.29, 1.82) is 0 Å². The molecule has 1 aliphatic rings. The van der Waals surface area contributed by atoms with E-state index in [4.69, 9.17) is 5.11 Å². The molecule has 0 aromatic rings. The first-order valence-corrected chi connectivity index (χ1v) is 4.70. The smallest absolute Gasteiger partial charge is 0.404 e. The van der Waals surface area contributed by atoms with Gasteiger partial charge >= 0.3 is 12.1 Å². The number of carbonyl (C=O) groups is 1. The van der Waals surface area contributed by atoms with Crippen LogP contribution in [-0.4, -0.2) is 17.3 Å². The highest BCUT2D eigenvalue weighted by molar-refractivity contribution is 5.75. The summed E-state index contributed by atoms with van der Waals surface area (Å²) in [4.78, 5) is 10.8. The van der Waals surface area contributed by atoms with Gasteiger partial charge in [-0.2, -0.15) is 13.2 Å². The Morgan fingerprint density at radius 2 is 1.50 bits per heavy atom. The third-order valence-electron chi connectivity index (χ3n) is 2.91. The highest BCUT2D eigenvalue weighted by Gasteiger charge is 2.59. The van der Waals surface area contributed by atoms with Gasteiger partial charge in [0.2, 0.25) is 0 Å². The van der Waals surface area contributed by atoms with E-state index in [0.717, 1.165) is 0 Å². The van der Waals surface area contributed by atoms with E-state index in [1.54, 1.807) is 0 Å². The molecule has 82 valence electrons. The Hall–Kier alpha value is -0.740. The van der Waals surface area contributed by atoms with Crippen LogP contribution in [-0.2, 0) is 4.79 Å². The van der Waals surface area contributed by atoms with Crippen LogP contribution >= 0.6 is 0 Å². The van der Waals surface area contributed by atoms with Crippen molar-refractivity contribution < 1.29 is 23.1 Å². The first-order chi connectivity index (χ1) is 6.40. The summed E-state index contributed by atoms with van der Waals surface area (Å²) in [7, 11) is 0. The van der Waals surface area contributed by atoms with Crippen molar-refractivity contribution in [3.05, 3.63) is 0 Å². The van der Waals surface area contributed by atoms with Gasteiger partial charge in [-0.3, -0.25) is 4.79 Å². The fraction of sp³-hybridized carbons (Fsp3) is 0.889. The SMILES string of the molecule is O=C(O)C1(C(F)(F)F)CCCCCC1. The fourth-order valence-electron chi connectivity index (χ4n) is 1.95. The standard InChI is InChI=1S/C9H13F3O2/c10-9(11,12)8(7(13)14)5-3-1-2-4-6-8/h1-6H2,(H,13,14). The van der Waals surface area contributed by atoms with Gasteiger partial charge in [0.05, 0.1) is 0 Å². The van der Waals surface area contributed by atoms with Crippen LogP contribution in [0.2, 0.25) is 0 Å². The zero-order valence-corrected chi connectivity index (χ0v) is 7.73. The molecule has 0 heterocycles. The van der Waals surface area contributed by atoms with E-state index in [1.807, 2.05) is 0 Å². The fourth-order valence-corrected chi connectivity index (χ4v) is 1.95.